The highest BCUT2D eigenvalue weighted by Gasteiger charge is 2.32. The number of phenolic OH excluding ortho intramolecular Hbond substituents is 1. The molecular formula is C26H43N3O5. The summed E-state index contributed by atoms with van der Waals surface area (Å²) in [5.41, 5.74) is 0.532. The Balaban J connectivity index is 3.20. The standard InChI is InChI=1S/C26H43N3O5/c1-8-9-10-11-12-15-29(22(31)17-27-25(33)34-26(5,6)7)23(24(32)28-18(2)3)20-13-14-21(30)19(4)16-20/h13-14,16,18,23,30H,8-12,15,17H2,1-7H3,(H,27,33)(H,28,32). The van der Waals surface area contributed by atoms with Gasteiger partial charge in [-0.2, -0.15) is 0 Å². The molecule has 0 fully saturated rings. The first kappa shape index (κ1) is 29.3. The molecule has 3 N–H and O–H groups in total. The number of unbranched alkanes of at least 4 members (excludes halogenated alkanes) is 4. The molecular weight excluding hydrogens is 434 g/mol. The number of phenols is 1. The van der Waals surface area contributed by atoms with Gasteiger partial charge in [-0.1, -0.05) is 38.7 Å². The zero-order chi connectivity index (χ0) is 25.9. The van der Waals surface area contributed by atoms with E-state index in [2.05, 4.69) is 17.6 Å². The van der Waals surface area contributed by atoms with E-state index in [-0.39, 0.29) is 30.2 Å². The maximum absolute atomic E-state index is 13.3. The molecule has 1 aromatic carbocycles. The lowest BCUT2D eigenvalue weighted by Crippen LogP contribution is -2.49. The van der Waals surface area contributed by atoms with E-state index in [9.17, 15) is 19.5 Å². The highest BCUT2D eigenvalue weighted by molar-refractivity contribution is 5.90. The van der Waals surface area contributed by atoms with Crippen LogP contribution in [0.3, 0.4) is 0 Å². The summed E-state index contributed by atoms with van der Waals surface area (Å²) in [6.45, 7) is 12.9. The quantitative estimate of drug-likeness (QED) is 0.382. The molecule has 1 unspecified atom stereocenters. The summed E-state index contributed by atoms with van der Waals surface area (Å²) in [7, 11) is 0. The number of aryl methyl sites for hydroxylation is 1. The number of benzene rings is 1. The van der Waals surface area contributed by atoms with Gasteiger partial charge in [0.15, 0.2) is 0 Å². The number of rotatable bonds is 12. The Morgan fingerprint density at radius 2 is 1.74 bits per heavy atom. The van der Waals surface area contributed by atoms with Gasteiger partial charge in [0, 0.05) is 12.6 Å². The fourth-order valence-electron chi connectivity index (χ4n) is 3.53. The highest BCUT2D eigenvalue weighted by Crippen LogP contribution is 2.27. The van der Waals surface area contributed by atoms with Crippen molar-refractivity contribution in [1.29, 1.82) is 0 Å². The predicted molar refractivity (Wildman–Crippen MR) is 134 cm³/mol. The number of amides is 3. The van der Waals surface area contributed by atoms with Crippen LogP contribution in [0.2, 0.25) is 0 Å². The van der Waals surface area contributed by atoms with Gasteiger partial charge >= 0.3 is 6.09 Å². The van der Waals surface area contributed by atoms with Gasteiger partial charge in [-0.15, -0.1) is 0 Å². The second-order valence-electron chi connectivity index (χ2n) is 9.97. The van der Waals surface area contributed by atoms with Crippen molar-refractivity contribution in [2.75, 3.05) is 13.1 Å². The molecule has 34 heavy (non-hydrogen) atoms. The third-order valence-electron chi connectivity index (χ3n) is 5.13. The molecule has 0 heterocycles. The smallest absolute Gasteiger partial charge is 0.408 e. The van der Waals surface area contributed by atoms with Crippen molar-refractivity contribution >= 4 is 17.9 Å². The van der Waals surface area contributed by atoms with Crippen LogP contribution in [0, 0.1) is 6.92 Å². The fourth-order valence-corrected chi connectivity index (χ4v) is 3.53. The lowest BCUT2D eigenvalue weighted by atomic mass is 10.00. The third-order valence-corrected chi connectivity index (χ3v) is 5.13. The molecule has 8 nitrogen and oxygen atoms in total. The van der Waals surface area contributed by atoms with E-state index in [4.69, 9.17) is 4.74 Å². The van der Waals surface area contributed by atoms with Gasteiger partial charge < -0.3 is 25.4 Å². The lowest BCUT2D eigenvalue weighted by molar-refractivity contribution is -0.140. The van der Waals surface area contributed by atoms with Gasteiger partial charge in [0.2, 0.25) is 11.8 Å². The summed E-state index contributed by atoms with van der Waals surface area (Å²) in [6.07, 6.45) is 4.25. The van der Waals surface area contributed by atoms with Gasteiger partial charge in [-0.25, -0.2) is 4.79 Å². The first-order valence-electron chi connectivity index (χ1n) is 12.2. The number of alkyl carbamates (subject to hydrolysis) is 1. The Labute approximate surface area is 204 Å². The molecule has 3 amide bonds. The Kier molecular flexibility index (Phi) is 11.9. The van der Waals surface area contributed by atoms with Crippen LogP contribution in [0.25, 0.3) is 0 Å². The van der Waals surface area contributed by atoms with Crippen molar-refractivity contribution in [2.45, 2.75) is 98.3 Å². The molecule has 0 aliphatic rings. The van der Waals surface area contributed by atoms with Crippen LogP contribution in [-0.2, 0) is 14.3 Å². The van der Waals surface area contributed by atoms with E-state index in [0.29, 0.717) is 17.7 Å². The van der Waals surface area contributed by atoms with E-state index in [1.807, 2.05) is 13.8 Å². The normalized spacial score (nSPS) is 12.2. The summed E-state index contributed by atoms with van der Waals surface area (Å²) in [5, 5.41) is 15.4. The molecule has 0 bridgehead atoms. The molecule has 1 rings (SSSR count). The molecule has 0 aromatic heterocycles. The van der Waals surface area contributed by atoms with Crippen LogP contribution >= 0.6 is 0 Å². The first-order valence-corrected chi connectivity index (χ1v) is 12.2. The van der Waals surface area contributed by atoms with Crippen LogP contribution < -0.4 is 10.6 Å². The Hall–Kier alpha value is -2.77. The van der Waals surface area contributed by atoms with Crippen molar-refractivity contribution in [3.63, 3.8) is 0 Å². The van der Waals surface area contributed by atoms with E-state index in [0.717, 1.165) is 32.1 Å². The van der Waals surface area contributed by atoms with Crippen LogP contribution in [0.5, 0.6) is 5.75 Å². The Morgan fingerprint density at radius 1 is 1.09 bits per heavy atom. The van der Waals surface area contributed by atoms with Gasteiger partial charge in [0.05, 0.1) is 0 Å². The predicted octanol–water partition coefficient (Wildman–Crippen LogP) is 4.59. The minimum atomic E-state index is -0.888. The second-order valence-corrected chi connectivity index (χ2v) is 9.97. The van der Waals surface area contributed by atoms with Crippen LogP contribution in [-0.4, -0.2) is 52.6 Å². The minimum absolute atomic E-state index is 0.116. The summed E-state index contributed by atoms with van der Waals surface area (Å²) in [5.74, 6) is -0.564. The molecule has 0 radical (unpaired) electrons. The van der Waals surface area contributed by atoms with E-state index < -0.39 is 17.7 Å². The fraction of sp³-hybridized carbons (Fsp3) is 0.654. The Morgan fingerprint density at radius 3 is 2.29 bits per heavy atom. The van der Waals surface area contributed by atoms with E-state index >= 15 is 0 Å². The monoisotopic (exact) mass is 477 g/mol. The molecule has 1 aromatic rings. The largest absolute Gasteiger partial charge is 0.508 e. The minimum Gasteiger partial charge on any atom is -0.508 e. The number of ether oxygens (including phenoxy) is 1. The van der Waals surface area contributed by atoms with Crippen molar-refractivity contribution in [1.82, 2.24) is 15.5 Å². The van der Waals surface area contributed by atoms with E-state index in [1.165, 1.54) is 11.0 Å². The number of hydrogen-bond donors (Lipinski definition) is 3. The maximum atomic E-state index is 13.3. The summed E-state index contributed by atoms with van der Waals surface area (Å²) in [6, 6.07) is 3.91. The lowest BCUT2D eigenvalue weighted by Gasteiger charge is -2.32. The zero-order valence-electron chi connectivity index (χ0n) is 21.9. The number of aromatic hydroxyl groups is 1. The van der Waals surface area contributed by atoms with Gasteiger partial charge in [0.1, 0.15) is 23.9 Å². The van der Waals surface area contributed by atoms with Crippen LogP contribution in [0.4, 0.5) is 4.79 Å². The van der Waals surface area contributed by atoms with Crippen molar-refractivity contribution in [3.05, 3.63) is 29.3 Å². The van der Waals surface area contributed by atoms with E-state index in [1.54, 1.807) is 39.8 Å². The topological polar surface area (TPSA) is 108 Å². The Bertz CT molecular complexity index is 817. The summed E-state index contributed by atoms with van der Waals surface area (Å²) in [4.78, 5) is 40.2. The molecule has 1 atom stereocenters. The molecule has 0 saturated carbocycles. The zero-order valence-corrected chi connectivity index (χ0v) is 21.9. The maximum Gasteiger partial charge on any atom is 0.408 e. The molecule has 0 saturated heterocycles. The second kappa shape index (κ2) is 13.8. The van der Waals surface area contributed by atoms with Crippen molar-refractivity contribution in [2.24, 2.45) is 0 Å². The van der Waals surface area contributed by atoms with Crippen molar-refractivity contribution < 1.29 is 24.2 Å². The summed E-state index contributed by atoms with van der Waals surface area (Å²) < 4.78 is 5.24. The number of nitrogens with one attached hydrogen (secondary N) is 2. The SMILES string of the molecule is CCCCCCCN(C(=O)CNC(=O)OC(C)(C)C)C(C(=O)NC(C)C)c1ccc(O)c(C)c1. The number of nitrogens with zero attached hydrogens (tertiary/aromatic N) is 1. The first-order chi connectivity index (χ1) is 15.9. The molecule has 0 spiro atoms. The average Bonchev–Trinajstić information content (AvgIpc) is 2.71. The van der Waals surface area contributed by atoms with Crippen molar-refractivity contribution in [3.8, 4) is 5.75 Å². The molecule has 8 heteroatoms. The van der Waals surface area contributed by atoms with Gasteiger partial charge in [0.25, 0.3) is 0 Å². The highest BCUT2D eigenvalue weighted by atomic mass is 16.6. The van der Waals surface area contributed by atoms with Gasteiger partial charge in [-0.05, 0) is 71.2 Å². The summed E-state index contributed by atoms with van der Waals surface area (Å²) >= 11 is 0. The number of carbonyl (C=O) groups excluding carboxylic acids is 3. The van der Waals surface area contributed by atoms with Gasteiger partial charge in [-0.3, -0.25) is 9.59 Å². The van der Waals surface area contributed by atoms with Crippen LogP contribution in [0.15, 0.2) is 18.2 Å². The number of carbonyl (C=O) groups is 3. The third kappa shape index (κ3) is 10.4. The average molecular weight is 478 g/mol. The molecule has 0 aliphatic heterocycles. The van der Waals surface area contributed by atoms with Crippen LogP contribution in [0.1, 0.15) is 90.8 Å². The number of hydrogen-bond acceptors (Lipinski definition) is 5. The molecule has 192 valence electrons. The molecule has 0 aliphatic carbocycles.